The highest BCUT2D eigenvalue weighted by Crippen LogP contribution is 2.30. The first-order chi connectivity index (χ1) is 9.22. The van der Waals surface area contributed by atoms with Gasteiger partial charge in [0.15, 0.2) is 0 Å². The van der Waals surface area contributed by atoms with Gasteiger partial charge >= 0.3 is 0 Å². The van der Waals surface area contributed by atoms with Gasteiger partial charge in [0, 0.05) is 27.2 Å². The van der Waals surface area contributed by atoms with Gasteiger partial charge in [-0.1, -0.05) is 35.9 Å². The zero-order valence-corrected chi connectivity index (χ0v) is 11.6. The molecule has 2 aromatic carbocycles. The minimum absolute atomic E-state index is 0.732. The average Bonchev–Trinajstić information content (AvgIpc) is 2.89. The second-order valence-corrected chi connectivity index (χ2v) is 5.46. The van der Waals surface area contributed by atoms with Crippen LogP contribution in [0.2, 0.25) is 5.02 Å². The lowest BCUT2D eigenvalue weighted by atomic mass is 10.2. The highest BCUT2D eigenvalue weighted by atomic mass is 35.5. The molecule has 0 aliphatic carbocycles. The molecule has 0 aliphatic rings. The second-order valence-electron chi connectivity index (χ2n) is 4.17. The van der Waals surface area contributed by atoms with Crippen LogP contribution in [0.3, 0.4) is 0 Å². The summed E-state index contributed by atoms with van der Waals surface area (Å²) in [7, 11) is 0. The first-order valence-corrected chi connectivity index (χ1v) is 7.05. The predicted octanol–water partition coefficient (Wildman–Crippen LogP) is 4.71. The van der Waals surface area contributed by atoms with E-state index in [0.29, 0.717) is 0 Å². The number of rotatable bonds is 2. The second kappa shape index (κ2) is 5.03. The van der Waals surface area contributed by atoms with E-state index in [1.807, 2.05) is 53.9 Å². The van der Waals surface area contributed by atoms with Crippen LogP contribution in [0.4, 0.5) is 5.69 Å². The van der Waals surface area contributed by atoms with Crippen molar-refractivity contribution in [2.45, 2.75) is 0 Å². The van der Waals surface area contributed by atoms with E-state index in [0.717, 1.165) is 32.5 Å². The summed E-state index contributed by atoms with van der Waals surface area (Å²) in [6.45, 7) is 0. The summed E-state index contributed by atoms with van der Waals surface area (Å²) in [6, 6.07) is 15.4. The average molecular weight is 287 g/mol. The van der Waals surface area contributed by atoms with Gasteiger partial charge in [-0.05, 0) is 24.3 Å². The molecule has 0 amide bonds. The Hall–Kier alpha value is -1.84. The Bertz CT molecular complexity index is 704. The van der Waals surface area contributed by atoms with Crippen molar-refractivity contribution in [1.29, 1.82) is 0 Å². The Morgan fingerprint density at radius 3 is 2.53 bits per heavy atom. The molecule has 3 rings (SSSR count). The first kappa shape index (κ1) is 12.2. The lowest BCUT2D eigenvalue weighted by molar-refractivity contribution is 1.40. The molecule has 19 heavy (non-hydrogen) atoms. The van der Waals surface area contributed by atoms with Crippen molar-refractivity contribution in [3.05, 3.63) is 58.9 Å². The third-order valence-electron chi connectivity index (χ3n) is 2.78. The maximum absolute atomic E-state index is 5.89. The topological polar surface area (TPSA) is 38.9 Å². The summed E-state index contributed by atoms with van der Waals surface area (Å²) in [5.74, 6) is 0. The molecule has 0 fully saturated rings. The van der Waals surface area contributed by atoms with Gasteiger partial charge in [-0.15, -0.1) is 11.3 Å². The van der Waals surface area contributed by atoms with Gasteiger partial charge in [0.05, 0.1) is 5.69 Å². The zero-order valence-electron chi connectivity index (χ0n) is 10.0. The van der Waals surface area contributed by atoms with Gasteiger partial charge in [0.25, 0.3) is 0 Å². The highest BCUT2D eigenvalue weighted by molar-refractivity contribution is 7.13. The zero-order chi connectivity index (χ0) is 13.2. The molecule has 3 aromatic rings. The SMILES string of the molecule is Nc1cccc(-c2nc(-c3ccc(Cl)cc3)cs2)c1. The van der Waals surface area contributed by atoms with Gasteiger partial charge in [0.1, 0.15) is 5.01 Å². The molecule has 0 aliphatic heterocycles. The largest absolute Gasteiger partial charge is 0.399 e. The van der Waals surface area contributed by atoms with E-state index < -0.39 is 0 Å². The smallest absolute Gasteiger partial charge is 0.124 e. The molecule has 0 saturated carbocycles. The monoisotopic (exact) mass is 286 g/mol. The molecule has 0 unspecified atom stereocenters. The summed E-state index contributed by atoms with van der Waals surface area (Å²) < 4.78 is 0. The summed E-state index contributed by atoms with van der Waals surface area (Å²) >= 11 is 7.50. The third-order valence-corrected chi connectivity index (χ3v) is 3.92. The number of nitrogens with zero attached hydrogens (tertiary/aromatic N) is 1. The molecular weight excluding hydrogens is 276 g/mol. The van der Waals surface area contributed by atoms with Crippen molar-refractivity contribution in [2.75, 3.05) is 5.73 Å². The van der Waals surface area contributed by atoms with Gasteiger partial charge in [-0.25, -0.2) is 4.98 Å². The predicted molar refractivity (Wildman–Crippen MR) is 82.4 cm³/mol. The molecule has 1 aromatic heterocycles. The Kier molecular flexibility index (Phi) is 3.23. The van der Waals surface area contributed by atoms with Crippen LogP contribution in [0, 0.1) is 0 Å². The molecular formula is C15H11ClN2S. The number of anilines is 1. The lowest BCUT2D eigenvalue weighted by Crippen LogP contribution is -1.85. The van der Waals surface area contributed by atoms with E-state index >= 15 is 0 Å². The molecule has 0 atom stereocenters. The summed E-state index contributed by atoms with van der Waals surface area (Å²) in [6.07, 6.45) is 0. The molecule has 2 nitrogen and oxygen atoms in total. The lowest BCUT2D eigenvalue weighted by Gasteiger charge is -1.98. The van der Waals surface area contributed by atoms with E-state index in [2.05, 4.69) is 4.98 Å². The van der Waals surface area contributed by atoms with Crippen molar-refractivity contribution in [3.8, 4) is 21.8 Å². The number of thiazole rings is 1. The molecule has 2 N–H and O–H groups in total. The normalized spacial score (nSPS) is 10.6. The molecule has 4 heteroatoms. The number of nitrogens with two attached hydrogens (primary N) is 1. The quantitative estimate of drug-likeness (QED) is 0.693. The fraction of sp³-hybridized carbons (Fsp3) is 0. The van der Waals surface area contributed by atoms with Crippen LogP contribution >= 0.6 is 22.9 Å². The van der Waals surface area contributed by atoms with Crippen molar-refractivity contribution < 1.29 is 0 Å². The van der Waals surface area contributed by atoms with Gasteiger partial charge in [0.2, 0.25) is 0 Å². The van der Waals surface area contributed by atoms with Gasteiger partial charge in [-0.3, -0.25) is 0 Å². The van der Waals surface area contributed by atoms with Crippen LogP contribution in [-0.2, 0) is 0 Å². The van der Waals surface area contributed by atoms with Crippen LogP contribution in [0.5, 0.6) is 0 Å². The summed E-state index contributed by atoms with van der Waals surface area (Å²) in [5.41, 5.74) is 9.61. The third kappa shape index (κ3) is 2.62. The Balaban J connectivity index is 1.97. The fourth-order valence-electron chi connectivity index (χ4n) is 1.83. The van der Waals surface area contributed by atoms with Crippen LogP contribution < -0.4 is 5.73 Å². The minimum Gasteiger partial charge on any atom is -0.399 e. The fourth-order valence-corrected chi connectivity index (χ4v) is 2.78. The Morgan fingerprint density at radius 1 is 1.00 bits per heavy atom. The number of hydrogen-bond acceptors (Lipinski definition) is 3. The van der Waals surface area contributed by atoms with Crippen molar-refractivity contribution in [1.82, 2.24) is 4.98 Å². The molecule has 94 valence electrons. The summed E-state index contributed by atoms with van der Waals surface area (Å²) in [5, 5.41) is 3.74. The maximum Gasteiger partial charge on any atom is 0.124 e. The van der Waals surface area contributed by atoms with E-state index in [-0.39, 0.29) is 0 Å². The minimum atomic E-state index is 0.732. The van der Waals surface area contributed by atoms with Gasteiger partial charge in [-0.2, -0.15) is 0 Å². The molecule has 0 spiro atoms. The van der Waals surface area contributed by atoms with Crippen LogP contribution in [0.25, 0.3) is 21.8 Å². The molecule has 1 heterocycles. The van der Waals surface area contributed by atoms with Crippen molar-refractivity contribution in [2.24, 2.45) is 0 Å². The highest BCUT2D eigenvalue weighted by Gasteiger charge is 2.06. The first-order valence-electron chi connectivity index (χ1n) is 5.80. The van der Waals surface area contributed by atoms with Crippen LogP contribution in [0.15, 0.2) is 53.9 Å². The Morgan fingerprint density at radius 2 is 1.79 bits per heavy atom. The van der Waals surface area contributed by atoms with Gasteiger partial charge < -0.3 is 5.73 Å². The van der Waals surface area contributed by atoms with Crippen LogP contribution in [-0.4, -0.2) is 4.98 Å². The number of nitrogen functional groups attached to an aromatic ring is 1. The standard InChI is InChI=1S/C15H11ClN2S/c16-12-6-4-10(5-7-12)14-9-19-15(18-14)11-2-1-3-13(17)8-11/h1-9H,17H2. The number of hydrogen-bond donors (Lipinski definition) is 1. The van der Waals surface area contributed by atoms with E-state index in [1.165, 1.54) is 0 Å². The van der Waals surface area contributed by atoms with Crippen LogP contribution in [0.1, 0.15) is 0 Å². The maximum atomic E-state index is 5.89. The number of halogens is 1. The number of benzene rings is 2. The van der Waals surface area contributed by atoms with E-state index in [9.17, 15) is 0 Å². The van der Waals surface area contributed by atoms with Crippen molar-refractivity contribution >= 4 is 28.6 Å². The van der Waals surface area contributed by atoms with E-state index in [4.69, 9.17) is 17.3 Å². The molecule has 0 saturated heterocycles. The molecule has 0 radical (unpaired) electrons. The number of aromatic nitrogens is 1. The van der Waals surface area contributed by atoms with E-state index in [1.54, 1.807) is 11.3 Å². The Labute approximate surface area is 120 Å². The van der Waals surface area contributed by atoms with Crippen molar-refractivity contribution in [3.63, 3.8) is 0 Å². The molecule has 0 bridgehead atoms. The summed E-state index contributed by atoms with van der Waals surface area (Å²) in [4.78, 5) is 4.64.